The van der Waals surface area contributed by atoms with Gasteiger partial charge in [-0.25, -0.2) is 12.8 Å². The summed E-state index contributed by atoms with van der Waals surface area (Å²) < 4.78 is 40.4. The fourth-order valence-corrected chi connectivity index (χ4v) is 3.65. The van der Waals surface area contributed by atoms with E-state index in [1.807, 2.05) is 13.0 Å². The molecule has 1 aromatic heterocycles. The second kappa shape index (κ2) is 7.09. The number of aromatic nitrogens is 2. The normalized spacial score (nSPS) is 11.2. The van der Waals surface area contributed by atoms with Gasteiger partial charge in [-0.2, -0.15) is 0 Å². The first-order chi connectivity index (χ1) is 12.3. The summed E-state index contributed by atoms with van der Waals surface area (Å²) in [5.74, 6) is 0.180. The number of nitrogens with zero attached hydrogens (tertiary/aromatic N) is 2. The van der Waals surface area contributed by atoms with Crippen LogP contribution in [0.4, 0.5) is 21.7 Å². The van der Waals surface area contributed by atoms with Crippen molar-refractivity contribution in [3.63, 3.8) is 0 Å². The minimum absolute atomic E-state index is 0.107. The number of hydrogen-bond acceptors (Lipinski definition) is 5. The minimum Gasteiger partial charge on any atom is -0.339 e. The van der Waals surface area contributed by atoms with E-state index in [1.54, 1.807) is 37.3 Å². The summed E-state index contributed by atoms with van der Waals surface area (Å²) in [5.41, 5.74) is 2.14. The molecule has 0 aliphatic heterocycles. The molecule has 1 heterocycles. The topological polar surface area (TPSA) is 84.0 Å². The molecule has 0 fully saturated rings. The SMILES string of the molecule is Cc1ccc(C)c(S(=O)(=O)Nc2ccc(Nc3ccc(F)cc3)nn2)c1. The molecule has 0 radical (unpaired) electrons. The minimum atomic E-state index is -3.76. The highest BCUT2D eigenvalue weighted by Gasteiger charge is 2.18. The second-order valence-corrected chi connectivity index (χ2v) is 7.46. The molecule has 0 aliphatic rings. The lowest BCUT2D eigenvalue weighted by atomic mass is 10.2. The third kappa shape index (κ3) is 4.15. The summed E-state index contributed by atoms with van der Waals surface area (Å²) in [4.78, 5) is 0.202. The van der Waals surface area contributed by atoms with Gasteiger partial charge >= 0.3 is 0 Å². The Labute approximate surface area is 151 Å². The highest BCUT2D eigenvalue weighted by Crippen LogP contribution is 2.20. The molecule has 0 atom stereocenters. The highest BCUT2D eigenvalue weighted by molar-refractivity contribution is 7.92. The van der Waals surface area contributed by atoms with Crippen LogP contribution in [0.15, 0.2) is 59.5 Å². The fraction of sp³-hybridized carbons (Fsp3) is 0.111. The fourth-order valence-electron chi connectivity index (χ4n) is 2.32. The maximum Gasteiger partial charge on any atom is 0.263 e. The number of nitrogens with one attached hydrogen (secondary N) is 2. The summed E-state index contributed by atoms with van der Waals surface area (Å²) in [6, 6.07) is 14.1. The number of benzene rings is 2. The Hall–Kier alpha value is -3.00. The van der Waals surface area contributed by atoms with Crippen LogP contribution in [-0.4, -0.2) is 18.6 Å². The Balaban J connectivity index is 1.76. The van der Waals surface area contributed by atoms with E-state index in [0.717, 1.165) is 5.56 Å². The number of halogens is 1. The molecule has 3 aromatic rings. The summed E-state index contributed by atoms with van der Waals surface area (Å²) in [7, 11) is -3.76. The molecule has 2 N–H and O–H groups in total. The quantitative estimate of drug-likeness (QED) is 0.712. The third-order valence-corrected chi connectivity index (χ3v) is 5.15. The average molecular weight is 372 g/mol. The molecule has 0 spiro atoms. The van der Waals surface area contributed by atoms with Gasteiger partial charge in [-0.1, -0.05) is 12.1 Å². The Kier molecular flexibility index (Phi) is 4.85. The van der Waals surface area contributed by atoms with Crippen molar-refractivity contribution in [3.05, 3.63) is 71.5 Å². The Bertz CT molecular complexity index is 1020. The molecule has 3 rings (SSSR count). The van der Waals surface area contributed by atoms with E-state index in [2.05, 4.69) is 20.2 Å². The van der Waals surface area contributed by atoms with E-state index >= 15 is 0 Å². The monoisotopic (exact) mass is 372 g/mol. The molecule has 0 bridgehead atoms. The Morgan fingerprint density at radius 1 is 0.885 bits per heavy atom. The zero-order chi connectivity index (χ0) is 18.7. The third-order valence-electron chi connectivity index (χ3n) is 3.65. The van der Waals surface area contributed by atoms with Crippen molar-refractivity contribution in [3.8, 4) is 0 Å². The van der Waals surface area contributed by atoms with Crippen LogP contribution in [0.1, 0.15) is 11.1 Å². The molecule has 0 saturated carbocycles. The van der Waals surface area contributed by atoms with Gasteiger partial charge in [0.1, 0.15) is 5.82 Å². The van der Waals surface area contributed by atoms with E-state index in [4.69, 9.17) is 0 Å². The van der Waals surface area contributed by atoms with Gasteiger partial charge in [-0.15, -0.1) is 10.2 Å². The van der Waals surface area contributed by atoms with Crippen LogP contribution in [0.2, 0.25) is 0 Å². The van der Waals surface area contributed by atoms with Gasteiger partial charge in [0.2, 0.25) is 0 Å². The standard InChI is InChI=1S/C18H17FN4O2S/c1-12-3-4-13(2)16(11-12)26(24,25)23-18-10-9-17(21-22-18)20-15-7-5-14(19)6-8-15/h3-11H,1-2H3,(H,20,21)(H,22,23). The smallest absolute Gasteiger partial charge is 0.263 e. The summed E-state index contributed by atoms with van der Waals surface area (Å²) in [5, 5.41) is 10.8. The van der Waals surface area contributed by atoms with Gasteiger partial charge < -0.3 is 5.32 Å². The summed E-state index contributed by atoms with van der Waals surface area (Å²) in [6.07, 6.45) is 0. The largest absolute Gasteiger partial charge is 0.339 e. The second-order valence-electron chi connectivity index (χ2n) is 5.81. The van der Waals surface area contributed by atoms with E-state index in [0.29, 0.717) is 17.1 Å². The molecular formula is C18H17FN4O2S. The van der Waals surface area contributed by atoms with Crippen molar-refractivity contribution in [2.45, 2.75) is 18.7 Å². The molecule has 134 valence electrons. The van der Waals surface area contributed by atoms with Crippen molar-refractivity contribution in [1.82, 2.24) is 10.2 Å². The van der Waals surface area contributed by atoms with Crippen LogP contribution < -0.4 is 10.0 Å². The van der Waals surface area contributed by atoms with E-state index in [1.165, 1.54) is 18.2 Å². The first kappa shape index (κ1) is 17.8. The van der Waals surface area contributed by atoms with Gasteiger partial charge in [-0.05, 0) is 67.4 Å². The number of rotatable bonds is 5. The Morgan fingerprint density at radius 3 is 2.19 bits per heavy atom. The van der Waals surface area contributed by atoms with E-state index in [9.17, 15) is 12.8 Å². The molecular weight excluding hydrogens is 355 g/mol. The van der Waals surface area contributed by atoms with Gasteiger partial charge in [0.15, 0.2) is 11.6 Å². The van der Waals surface area contributed by atoms with Crippen LogP contribution in [0.5, 0.6) is 0 Å². The van der Waals surface area contributed by atoms with Crippen molar-refractivity contribution in [2.75, 3.05) is 10.0 Å². The first-order valence-corrected chi connectivity index (χ1v) is 9.28. The Morgan fingerprint density at radius 2 is 1.54 bits per heavy atom. The molecule has 0 aliphatic carbocycles. The van der Waals surface area contributed by atoms with Crippen molar-refractivity contribution < 1.29 is 12.8 Å². The molecule has 6 nitrogen and oxygen atoms in total. The van der Waals surface area contributed by atoms with Crippen LogP contribution >= 0.6 is 0 Å². The summed E-state index contributed by atoms with van der Waals surface area (Å²) >= 11 is 0. The van der Waals surface area contributed by atoms with Crippen molar-refractivity contribution in [2.24, 2.45) is 0 Å². The van der Waals surface area contributed by atoms with E-state index in [-0.39, 0.29) is 16.5 Å². The molecule has 0 saturated heterocycles. The maximum absolute atomic E-state index is 12.9. The molecule has 8 heteroatoms. The number of hydrogen-bond donors (Lipinski definition) is 2. The van der Waals surface area contributed by atoms with Crippen LogP contribution in [0, 0.1) is 19.7 Å². The predicted octanol–water partition coefficient (Wildman–Crippen LogP) is 3.78. The van der Waals surface area contributed by atoms with E-state index < -0.39 is 10.0 Å². The van der Waals surface area contributed by atoms with Crippen LogP contribution in [0.25, 0.3) is 0 Å². The number of sulfonamides is 1. The van der Waals surface area contributed by atoms with Crippen molar-refractivity contribution >= 4 is 27.3 Å². The van der Waals surface area contributed by atoms with Gasteiger partial charge in [0.05, 0.1) is 4.90 Å². The van der Waals surface area contributed by atoms with Crippen molar-refractivity contribution in [1.29, 1.82) is 0 Å². The molecule has 0 amide bonds. The van der Waals surface area contributed by atoms with Crippen LogP contribution in [-0.2, 0) is 10.0 Å². The van der Waals surface area contributed by atoms with Gasteiger partial charge in [0.25, 0.3) is 10.0 Å². The number of anilines is 3. The predicted molar refractivity (Wildman–Crippen MR) is 98.4 cm³/mol. The van der Waals surface area contributed by atoms with Gasteiger partial charge in [-0.3, -0.25) is 4.72 Å². The van der Waals surface area contributed by atoms with Crippen LogP contribution in [0.3, 0.4) is 0 Å². The molecule has 26 heavy (non-hydrogen) atoms. The molecule has 0 unspecified atom stereocenters. The lowest BCUT2D eigenvalue weighted by Gasteiger charge is -2.11. The van der Waals surface area contributed by atoms with Gasteiger partial charge in [0, 0.05) is 5.69 Å². The zero-order valence-electron chi connectivity index (χ0n) is 14.2. The number of aryl methyl sites for hydroxylation is 2. The first-order valence-electron chi connectivity index (χ1n) is 7.80. The average Bonchev–Trinajstić information content (AvgIpc) is 2.60. The zero-order valence-corrected chi connectivity index (χ0v) is 15.0. The molecule has 2 aromatic carbocycles. The highest BCUT2D eigenvalue weighted by atomic mass is 32.2. The lowest BCUT2D eigenvalue weighted by Crippen LogP contribution is -2.15. The lowest BCUT2D eigenvalue weighted by molar-refractivity contribution is 0.600. The summed E-state index contributed by atoms with van der Waals surface area (Å²) in [6.45, 7) is 3.56. The maximum atomic E-state index is 12.9.